The molecule has 0 spiro atoms. The normalized spacial score (nSPS) is 10.6. The number of esters is 1. The zero-order valence-electron chi connectivity index (χ0n) is 15.2. The molecule has 0 atom stereocenters. The molecule has 0 radical (unpaired) electrons. The second kappa shape index (κ2) is 8.64. The van der Waals surface area contributed by atoms with Crippen LogP contribution in [0.25, 0.3) is 10.2 Å². The molecule has 0 saturated carbocycles. The Bertz CT molecular complexity index is 921. The molecule has 1 amide bonds. The van der Waals surface area contributed by atoms with Gasteiger partial charge in [0.25, 0.3) is 5.91 Å². The first-order chi connectivity index (χ1) is 13.0. The predicted molar refractivity (Wildman–Crippen MR) is 104 cm³/mol. The molecule has 140 valence electrons. The van der Waals surface area contributed by atoms with Crippen LogP contribution in [-0.4, -0.2) is 42.5 Å². The van der Waals surface area contributed by atoms with Crippen LogP contribution in [0.4, 0.5) is 0 Å². The maximum atomic E-state index is 12.2. The molecular formula is C20H20N2O4S. The van der Waals surface area contributed by atoms with Crippen LogP contribution in [0, 0.1) is 0 Å². The first-order valence-electron chi connectivity index (χ1n) is 8.42. The summed E-state index contributed by atoms with van der Waals surface area (Å²) in [5.74, 6) is -0.0508. The van der Waals surface area contributed by atoms with E-state index in [1.165, 1.54) is 4.90 Å². The zero-order chi connectivity index (χ0) is 19.2. The minimum Gasteiger partial charge on any atom is -0.497 e. The standard InChI is InChI=1S/C20H20N2O4S/c1-22(12-18-21-16-8-3-4-9-17(16)27-18)19(23)13-26-20(24)11-14-6-5-7-15(10-14)25-2/h3-10H,11-13H2,1-2H3. The monoisotopic (exact) mass is 384 g/mol. The third-order valence-electron chi connectivity index (χ3n) is 3.98. The molecule has 0 saturated heterocycles. The molecule has 0 fully saturated rings. The molecule has 3 rings (SSSR count). The fourth-order valence-electron chi connectivity index (χ4n) is 2.53. The maximum absolute atomic E-state index is 12.2. The van der Waals surface area contributed by atoms with E-state index in [0.29, 0.717) is 12.3 Å². The Balaban J connectivity index is 1.49. The first kappa shape index (κ1) is 18.8. The van der Waals surface area contributed by atoms with E-state index in [4.69, 9.17) is 9.47 Å². The number of rotatable bonds is 7. The topological polar surface area (TPSA) is 68.7 Å². The first-order valence-corrected chi connectivity index (χ1v) is 9.24. The average Bonchev–Trinajstić information content (AvgIpc) is 3.08. The molecule has 0 unspecified atom stereocenters. The van der Waals surface area contributed by atoms with Crippen LogP contribution < -0.4 is 4.74 Å². The van der Waals surface area contributed by atoms with Gasteiger partial charge in [-0.15, -0.1) is 11.3 Å². The molecule has 0 bridgehead atoms. The Labute approximate surface area is 161 Å². The Morgan fingerprint density at radius 3 is 2.74 bits per heavy atom. The largest absolute Gasteiger partial charge is 0.497 e. The summed E-state index contributed by atoms with van der Waals surface area (Å²) in [5.41, 5.74) is 1.69. The number of ether oxygens (including phenoxy) is 2. The smallest absolute Gasteiger partial charge is 0.310 e. The van der Waals surface area contributed by atoms with Gasteiger partial charge in [-0.25, -0.2) is 4.98 Å². The minimum absolute atomic E-state index is 0.0893. The van der Waals surface area contributed by atoms with Gasteiger partial charge in [-0.05, 0) is 29.8 Å². The second-order valence-corrected chi connectivity index (χ2v) is 7.13. The lowest BCUT2D eigenvalue weighted by Crippen LogP contribution is -2.31. The highest BCUT2D eigenvalue weighted by molar-refractivity contribution is 7.18. The van der Waals surface area contributed by atoms with Crippen LogP contribution in [-0.2, 0) is 27.3 Å². The molecule has 0 aliphatic carbocycles. The molecule has 2 aromatic carbocycles. The van der Waals surface area contributed by atoms with Crippen molar-refractivity contribution in [1.29, 1.82) is 0 Å². The van der Waals surface area contributed by atoms with E-state index in [1.807, 2.05) is 30.3 Å². The van der Waals surface area contributed by atoms with Crippen molar-refractivity contribution >= 4 is 33.4 Å². The van der Waals surface area contributed by atoms with E-state index in [0.717, 1.165) is 20.8 Å². The van der Waals surface area contributed by atoms with Gasteiger partial charge < -0.3 is 14.4 Å². The number of methoxy groups -OCH3 is 1. The number of thiazole rings is 1. The van der Waals surface area contributed by atoms with Gasteiger partial charge in [0.1, 0.15) is 10.8 Å². The molecular weight excluding hydrogens is 364 g/mol. The van der Waals surface area contributed by atoms with E-state index in [2.05, 4.69) is 4.98 Å². The van der Waals surface area contributed by atoms with Crippen molar-refractivity contribution in [3.8, 4) is 5.75 Å². The Kier molecular flexibility index (Phi) is 6.03. The van der Waals surface area contributed by atoms with Crippen LogP contribution in [0.15, 0.2) is 48.5 Å². The number of carbonyl (C=O) groups excluding carboxylic acids is 2. The quantitative estimate of drug-likeness (QED) is 0.586. The molecule has 3 aromatic rings. The summed E-state index contributed by atoms with van der Waals surface area (Å²) in [4.78, 5) is 30.2. The number of hydrogen-bond acceptors (Lipinski definition) is 6. The summed E-state index contributed by atoms with van der Waals surface area (Å²) in [7, 11) is 3.24. The highest BCUT2D eigenvalue weighted by Gasteiger charge is 2.15. The van der Waals surface area contributed by atoms with Crippen molar-refractivity contribution in [2.24, 2.45) is 0 Å². The summed E-state index contributed by atoms with van der Waals surface area (Å²) in [6.45, 7) is 0.0931. The Morgan fingerprint density at radius 2 is 1.96 bits per heavy atom. The second-order valence-electron chi connectivity index (χ2n) is 6.01. The van der Waals surface area contributed by atoms with Crippen LogP contribution in [0.1, 0.15) is 10.6 Å². The van der Waals surface area contributed by atoms with Crippen LogP contribution in [0.3, 0.4) is 0 Å². The van der Waals surface area contributed by atoms with E-state index < -0.39 is 5.97 Å². The molecule has 7 heteroatoms. The molecule has 27 heavy (non-hydrogen) atoms. The summed E-state index contributed by atoms with van der Waals surface area (Å²) in [6, 6.07) is 15.0. The lowest BCUT2D eigenvalue weighted by Gasteiger charge is -2.15. The van der Waals surface area contributed by atoms with Crippen molar-refractivity contribution < 1.29 is 19.1 Å². The van der Waals surface area contributed by atoms with Crippen LogP contribution in [0.5, 0.6) is 5.75 Å². The number of aromatic nitrogens is 1. The molecule has 0 N–H and O–H groups in total. The van der Waals surface area contributed by atoms with Gasteiger partial charge in [0.2, 0.25) is 0 Å². The number of likely N-dealkylation sites (N-methyl/N-ethyl adjacent to an activating group) is 1. The van der Waals surface area contributed by atoms with Crippen molar-refractivity contribution in [3.63, 3.8) is 0 Å². The van der Waals surface area contributed by atoms with Crippen LogP contribution in [0.2, 0.25) is 0 Å². The number of hydrogen-bond donors (Lipinski definition) is 0. The highest BCUT2D eigenvalue weighted by Crippen LogP contribution is 2.22. The summed E-state index contributed by atoms with van der Waals surface area (Å²) in [6.07, 6.45) is 0.0893. The molecule has 0 aliphatic rings. The third kappa shape index (κ3) is 5.04. The van der Waals surface area contributed by atoms with E-state index in [1.54, 1.807) is 43.7 Å². The third-order valence-corrected chi connectivity index (χ3v) is 5.00. The summed E-state index contributed by atoms with van der Waals surface area (Å²) in [5, 5.41) is 0.842. The van der Waals surface area contributed by atoms with Crippen molar-refractivity contribution in [3.05, 3.63) is 59.1 Å². The fraction of sp³-hybridized carbons (Fsp3) is 0.250. The van der Waals surface area contributed by atoms with Gasteiger partial charge in [-0.3, -0.25) is 9.59 Å². The van der Waals surface area contributed by atoms with E-state index in [-0.39, 0.29) is 18.9 Å². The average molecular weight is 384 g/mol. The summed E-state index contributed by atoms with van der Waals surface area (Å²) < 4.78 is 11.3. The lowest BCUT2D eigenvalue weighted by atomic mass is 10.1. The van der Waals surface area contributed by atoms with E-state index >= 15 is 0 Å². The zero-order valence-corrected chi connectivity index (χ0v) is 16.0. The SMILES string of the molecule is COc1cccc(CC(=O)OCC(=O)N(C)Cc2nc3ccccc3s2)c1. The van der Waals surface area contributed by atoms with Gasteiger partial charge in [0.15, 0.2) is 6.61 Å². The molecule has 0 aliphatic heterocycles. The number of amides is 1. The highest BCUT2D eigenvalue weighted by atomic mass is 32.1. The number of benzene rings is 2. The minimum atomic E-state index is -0.454. The lowest BCUT2D eigenvalue weighted by molar-refractivity contribution is -0.151. The molecule has 1 aromatic heterocycles. The van der Waals surface area contributed by atoms with Gasteiger partial charge in [-0.2, -0.15) is 0 Å². The number of para-hydroxylation sites is 1. The van der Waals surface area contributed by atoms with Gasteiger partial charge in [-0.1, -0.05) is 24.3 Å². The van der Waals surface area contributed by atoms with Gasteiger partial charge in [0, 0.05) is 7.05 Å². The van der Waals surface area contributed by atoms with Crippen molar-refractivity contribution in [1.82, 2.24) is 9.88 Å². The number of nitrogens with zero attached hydrogens (tertiary/aromatic N) is 2. The van der Waals surface area contributed by atoms with Crippen LogP contribution >= 0.6 is 11.3 Å². The Hall–Kier alpha value is -2.93. The van der Waals surface area contributed by atoms with Crippen molar-refractivity contribution in [2.75, 3.05) is 20.8 Å². The molecule has 6 nitrogen and oxygen atoms in total. The molecule has 1 heterocycles. The fourth-order valence-corrected chi connectivity index (χ4v) is 3.55. The van der Waals surface area contributed by atoms with Gasteiger partial charge in [0.05, 0.1) is 30.3 Å². The van der Waals surface area contributed by atoms with Crippen molar-refractivity contribution in [2.45, 2.75) is 13.0 Å². The number of carbonyl (C=O) groups is 2. The maximum Gasteiger partial charge on any atom is 0.310 e. The van der Waals surface area contributed by atoms with E-state index in [9.17, 15) is 9.59 Å². The number of fused-ring (bicyclic) bond motifs is 1. The predicted octanol–water partition coefficient (Wildman–Crippen LogP) is 3.05. The van der Waals surface area contributed by atoms with Gasteiger partial charge >= 0.3 is 5.97 Å². The summed E-state index contributed by atoms with van der Waals surface area (Å²) >= 11 is 1.55. The Morgan fingerprint density at radius 1 is 1.15 bits per heavy atom.